The number of nitrogens with zero attached hydrogens (tertiary/aromatic N) is 3. The number of nitrogens with one attached hydrogen (secondary N) is 2. The summed E-state index contributed by atoms with van der Waals surface area (Å²) < 4.78 is 11.6. The fraction of sp³-hybridized carbons (Fsp3) is 0.0357. The number of hydrogen-bond acceptors (Lipinski definition) is 7. The molecule has 176 valence electrons. The third-order valence-corrected chi connectivity index (χ3v) is 5.52. The van der Waals surface area contributed by atoms with Crippen LogP contribution in [0.4, 0.5) is 5.69 Å². The van der Waals surface area contributed by atoms with Gasteiger partial charge >= 0.3 is 0 Å². The molecule has 2 heterocycles. The maximum Gasteiger partial charge on any atom is 0.266 e. The standard InChI is InChI=1S/C28H21N5O3/c1-35-25-14-22(36-27-7-2-3-10-31-27)8-9-23(25)19-11-20-16-30-17-32-28(20)24(13-19)18-5-4-6-21(12-18)33-26(34)15-29/h2-17,29H,1H3,(H,33,34). The van der Waals surface area contributed by atoms with E-state index in [1.54, 1.807) is 31.6 Å². The molecule has 0 fully saturated rings. The highest BCUT2D eigenvalue weighted by Gasteiger charge is 2.14. The van der Waals surface area contributed by atoms with Gasteiger partial charge in [-0.25, -0.2) is 15.0 Å². The quantitative estimate of drug-likeness (QED) is 0.290. The number of fused-ring (bicyclic) bond motifs is 1. The highest BCUT2D eigenvalue weighted by Crippen LogP contribution is 2.39. The average molecular weight is 476 g/mol. The van der Waals surface area contributed by atoms with Crippen LogP contribution in [0.25, 0.3) is 33.2 Å². The topological polar surface area (TPSA) is 110 Å². The monoisotopic (exact) mass is 475 g/mol. The third kappa shape index (κ3) is 4.74. The van der Waals surface area contributed by atoms with E-state index in [-0.39, 0.29) is 0 Å². The summed E-state index contributed by atoms with van der Waals surface area (Å²) in [6.45, 7) is 0. The van der Waals surface area contributed by atoms with Crippen LogP contribution in [0.5, 0.6) is 17.4 Å². The van der Waals surface area contributed by atoms with Crippen LogP contribution in [-0.4, -0.2) is 34.2 Å². The summed E-state index contributed by atoms with van der Waals surface area (Å²) in [6, 6.07) is 22.6. The Hall–Kier alpha value is -5.11. The molecule has 0 spiro atoms. The van der Waals surface area contributed by atoms with Crippen LogP contribution in [0.3, 0.4) is 0 Å². The summed E-state index contributed by atoms with van der Waals surface area (Å²) in [6.07, 6.45) is 5.69. The summed E-state index contributed by atoms with van der Waals surface area (Å²) in [7, 11) is 1.62. The molecule has 3 aromatic carbocycles. The number of hydrogen-bond donors (Lipinski definition) is 2. The molecule has 0 unspecified atom stereocenters. The van der Waals surface area contributed by atoms with Crippen molar-refractivity contribution in [2.45, 2.75) is 0 Å². The molecule has 0 saturated carbocycles. The molecule has 0 aliphatic rings. The summed E-state index contributed by atoms with van der Waals surface area (Å²) in [4.78, 5) is 24.6. The van der Waals surface area contributed by atoms with Crippen molar-refractivity contribution in [1.29, 1.82) is 5.41 Å². The smallest absolute Gasteiger partial charge is 0.266 e. The Kier molecular flexibility index (Phi) is 6.31. The fourth-order valence-electron chi connectivity index (χ4n) is 3.92. The zero-order valence-corrected chi connectivity index (χ0v) is 19.3. The Morgan fingerprint density at radius 1 is 0.944 bits per heavy atom. The minimum absolute atomic E-state index is 0.493. The zero-order chi connectivity index (χ0) is 24.9. The second kappa shape index (κ2) is 10.0. The van der Waals surface area contributed by atoms with Gasteiger partial charge < -0.3 is 20.2 Å². The second-order valence-corrected chi connectivity index (χ2v) is 7.83. The molecule has 5 rings (SSSR count). The van der Waals surface area contributed by atoms with Crippen LogP contribution >= 0.6 is 0 Å². The summed E-state index contributed by atoms with van der Waals surface area (Å²) in [5.41, 5.74) is 4.86. The molecule has 8 nitrogen and oxygen atoms in total. The number of amides is 1. The van der Waals surface area contributed by atoms with E-state index >= 15 is 0 Å². The first-order valence-electron chi connectivity index (χ1n) is 11.1. The number of rotatable bonds is 7. The van der Waals surface area contributed by atoms with E-state index in [1.807, 2.05) is 60.7 Å². The number of aromatic nitrogens is 3. The van der Waals surface area contributed by atoms with Gasteiger partial charge in [0.15, 0.2) is 0 Å². The van der Waals surface area contributed by atoms with Crippen LogP contribution in [0.15, 0.2) is 91.5 Å². The van der Waals surface area contributed by atoms with Crippen molar-refractivity contribution in [3.8, 4) is 39.6 Å². The molecule has 5 aromatic rings. The van der Waals surface area contributed by atoms with Crippen molar-refractivity contribution >= 4 is 28.7 Å². The van der Waals surface area contributed by atoms with Gasteiger partial charge in [0, 0.05) is 46.7 Å². The molecular weight excluding hydrogens is 454 g/mol. The van der Waals surface area contributed by atoms with Crippen molar-refractivity contribution in [3.63, 3.8) is 0 Å². The van der Waals surface area contributed by atoms with Crippen LogP contribution in [0, 0.1) is 5.41 Å². The number of carbonyl (C=O) groups excluding carboxylic acids is 1. The van der Waals surface area contributed by atoms with Crippen molar-refractivity contribution in [2.24, 2.45) is 0 Å². The van der Waals surface area contributed by atoms with Crippen molar-refractivity contribution in [3.05, 3.63) is 91.5 Å². The van der Waals surface area contributed by atoms with Gasteiger partial charge in [0.1, 0.15) is 17.8 Å². The minimum atomic E-state index is -0.495. The molecule has 1 amide bonds. The van der Waals surface area contributed by atoms with Gasteiger partial charge in [-0.3, -0.25) is 4.79 Å². The number of benzene rings is 3. The number of ether oxygens (including phenoxy) is 2. The lowest BCUT2D eigenvalue weighted by Gasteiger charge is -2.14. The van der Waals surface area contributed by atoms with Gasteiger partial charge in [-0.05, 0) is 53.6 Å². The Morgan fingerprint density at radius 3 is 2.67 bits per heavy atom. The van der Waals surface area contributed by atoms with Gasteiger partial charge in [-0.15, -0.1) is 0 Å². The van der Waals surface area contributed by atoms with E-state index in [0.29, 0.717) is 23.1 Å². The Morgan fingerprint density at radius 2 is 1.86 bits per heavy atom. The van der Waals surface area contributed by atoms with Gasteiger partial charge in [0.2, 0.25) is 5.88 Å². The molecule has 8 heteroatoms. The van der Waals surface area contributed by atoms with E-state index < -0.39 is 5.91 Å². The number of methoxy groups -OCH3 is 1. The van der Waals surface area contributed by atoms with E-state index in [0.717, 1.165) is 39.4 Å². The predicted octanol–water partition coefficient (Wildman–Crippen LogP) is 5.75. The molecule has 0 bridgehead atoms. The lowest BCUT2D eigenvalue weighted by atomic mass is 9.95. The molecule has 2 N–H and O–H groups in total. The molecule has 0 aliphatic heterocycles. The molecule has 2 aromatic heterocycles. The third-order valence-electron chi connectivity index (χ3n) is 5.52. The van der Waals surface area contributed by atoms with Crippen molar-refractivity contribution < 1.29 is 14.3 Å². The van der Waals surface area contributed by atoms with Gasteiger partial charge in [-0.1, -0.05) is 18.2 Å². The number of anilines is 1. The van der Waals surface area contributed by atoms with Crippen LogP contribution in [0.1, 0.15) is 0 Å². The number of carbonyl (C=O) groups is 1. The predicted molar refractivity (Wildman–Crippen MR) is 139 cm³/mol. The Labute approximate surface area is 207 Å². The van der Waals surface area contributed by atoms with Gasteiger partial charge in [0.25, 0.3) is 5.91 Å². The Bertz CT molecular complexity index is 1570. The fourth-order valence-corrected chi connectivity index (χ4v) is 3.92. The van der Waals surface area contributed by atoms with Gasteiger partial charge in [0.05, 0.1) is 18.8 Å². The molecule has 36 heavy (non-hydrogen) atoms. The zero-order valence-electron chi connectivity index (χ0n) is 19.3. The molecule has 0 saturated heterocycles. The van der Waals surface area contributed by atoms with E-state index in [9.17, 15) is 4.79 Å². The lowest BCUT2D eigenvalue weighted by molar-refractivity contribution is -0.110. The summed E-state index contributed by atoms with van der Waals surface area (Å²) >= 11 is 0. The van der Waals surface area contributed by atoms with Crippen LogP contribution in [0.2, 0.25) is 0 Å². The molecule has 0 radical (unpaired) electrons. The first-order chi connectivity index (χ1) is 17.6. The number of pyridine rings is 1. The van der Waals surface area contributed by atoms with E-state index in [4.69, 9.17) is 14.9 Å². The highest BCUT2D eigenvalue weighted by molar-refractivity contribution is 6.30. The average Bonchev–Trinajstić information content (AvgIpc) is 2.93. The SMILES string of the molecule is COc1cc(Oc2ccccn2)ccc1-c1cc(-c2cccc(NC(=O)C=N)c2)c2ncncc2c1. The first kappa shape index (κ1) is 22.7. The maximum atomic E-state index is 11.7. The normalized spacial score (nSPS) is 10.6. The summed E-state index contributed by atoms with van der Waals surface area (Å²) in [5.74, 6) is 1.24. The Balaban J connectivity index is 1.60. The van der Waals surface area contributed by atoms with E-state index in [2.05, 4.69) is 20.3 Å². The van der Waals surface area contributed by atoms with Crippen LogP contribution in [-0.2, 0) is 4.79 Å². The van der Waals surface area contributed by atoms with Gasteiger partial charge in [-0.2, -0.15) is 0 Å². The summed E-state index contributed by atoms with van der Waals surface area (Å²) in [5, 5.41) is 10.7. The largest absolute Gasteiger partial charge is 0.496 e. The molecular formula is C28H21N5O3. The maximum absolute atomic E-state index is 11.7. The first-order valence-corrected chi connectivity index (χ1v) is 11.1. The lowest BCUT2D eigenvalue weighted by Crippen LogP contribution is -2.11. The van der Waals surface area contributed by atoms with Crippen molar-refractivity contribution in [2.75, 3.05) is 12.4 Å². The van der Waals surface area contributed by atoms with E-state index in [1.165, 1.54) is 6.33 Å². The van der Waals surface area contributed by atoms with Crippen molar-refractivity contribution in [1.82, 2.24) is 15.0 Å². The molecule has 0 atom stereocenters. The second-order valence-electron chi connectivity index (χ2n) is 7.83. The van der Waals surface area contributed by atoms with Crippen LogP contribution < -0.4 is 14.8 Å². The molecule has 0 aliphatic carbocycles. The minimum Gasteiger partial charge on any atom is -0.496 e. The highest BCUT2D eigenvalue weighted by atomic mass is 16.5.